The first-order valence-corrected chi connectivity index (χ1v) is 8.67. The Labute approximate surface area is 134 Å². The van der Waals surface area contributed by atoms with Crippen LogP contribution in [0.5, 0.6) is 0 Å². The molecular formula is C17H31N3O2. The van der Waals surface area contributed by atoms with Crippen molar-refractivity contribution in [2.24, 2.45) is 5.41 Å². The van der Waals surface area contributed by atoms with Crippen molar-refractivity contribution >= 4 is 11.8 Å². The second-order valence-corrected chi connectivity index (χ2v) is 7.85. The second-order valence-electron chi connectivity index (χ2n) is 7.85. The third-order valence-corrected chi connectivity index (χ3v) is 4.61. The molecule has 0 aromatic rings. The summed E-state index contributed by atoms with van der Waals surface area (Å²) in [5, 5.41) is 6.26. The van der Waals surface area contributed by atoms with Crippen LogP contribution in [0.3, 0.4) is 0 Å². The first-order chi connectivity index (χ1) is 10.3. The molecule has 0 radical (unpaired) electrons. The lowest BCUT2D eigenvalue weighted by molar-refractivity contribution is -0.129. The highest BCUT2D eigenvalue weighted by atomic mass is 16.2. The van der Waals surface area contributed by atoms with Crippen LogP contribution in [0.25, 0.3) is 0 Å². The van der Waals surface area contributed by atoms with Gasteiger partial charge >= 0.3 is 0 Å². The fourth-order valence-corrected chi connectivity index (χ4v) is 3.27. The van der Waals surface area contributed by atoms with Gasteiger partial charge in [0.15, 0.2) is 0 Å². The van der Waals surface area contributed by atoms with Crippen molar-refractivity contribution in [1.29, 1.82) is 0 Å². The molecule has 0 spiro atoms. The third kappa shape index (κ3) is 5.27. The second kappa shape index (κ2) is 7.44. The van der Waals surface area contributed by atoms with E-state index in [9.17, 15) is 9.59 Å². The lowest BCUT2D eigenvalue weighted by Gasteiger charge is -2.34. The largest absolute Gasteiger partial charge is 0.352 e. The number of hydrogen-bond donors (Lipinski definition) is 2. The highest BCUT2D eigenvalue weighted by molar-refractivity contribution is 5.81. The van der Waals surface area contributed by atoms with Crippen LogP contribution in [-0.2, 0) is 9.59 Å². The van der Waals surface area contributed by atoms with Crippen LogP contribution in [0, 0.1) is 5.41 Å². The van der Waals surface area contributed by atoms with E-state index in [-0.39, 0.29) is 23.3 Å². The molecule has 2 rings (SSSR count). The number of hydrogen-bond acceptors (Lipinski definition) is 3. The Balaban J connectivity index is 1.75. The standard InChI is InChI=1S/C17H31N3O2/c1-17(2,3)16(22)19-14-9-6-10-20(11-14)12-15(21)18-13-7-4-5-8-13/h13-14H,4-12H2,1-3H3,(H,18,21)(H,19,22). The molecule has 22 heavy (non-hydrogen) atoms. The quantitative estimate of drug-likeness (QED) is 0.830. The lowest BCUT2D eigenvalue weighted by atomic mass is 9.94. The van der Waals surface area contributed by atoms with E-state index in [1.165, 1.54) is 12.8 Å². The molecule has 2 N–H and O–H groups in total. The Bertz CT molecular complexity index is 397. The molecule has 1 atom stereocenters. The maximum atomic E-state index is 12.1. The molecule has 1 unspecified atom stereocenters. The van der Waals surface area contributed by atoms with E-state index in [4.69, 9.17) is 0 Å². The van der Waals surface area contributed by atoms with Gasteiger partial charge in [-0.15, -0.1) is 0 Å². The SMILES string of the molecule is CC(C)(C)C(=O)NC1CCCN(CC(=O)NC2CCCC2)C1. The zero-order valence-corrected chi connectivity index (χ0v) is 14.3. The zero-order valence-electron chi connectivity index (χ0n) is 14.3. The minimum Gasteiger partial charge on any atom is -0.352 e. The van der Waals surface area contributed by atoms with E-state index in [0.717, 1.165) is 38.8 Å². The summed E-state index contributed by atoms with van der Waals surface area (Å²) in [7, 11) is 0. The summed E-state index contributed by atoms with van der Waals surface area (Å²) in [6.45, 7) is 7.96. The molecular weight excluding hydrogens is 278 g/mol. The van der Waals surface area contributed by atoms with Crippen LogP contribution in [0.15, 0.2) is 0 Å². The maximum Gasteiger partial charge on any atom is 0.234 e. The Hall–Kier alpha value is -1.10. The van der Waals surface area contributed by atoms with Gasteiger partial charge in [-0.1, -0.05) is 33.6 Å². The van der Waals surface area contributed by atoms with Gasteiger partial charge in [-0.25, -0.2) is 0 Å². The van der Waals surface area contributed by atoms with Crippen LogP contribution in [-0.4, -0.2) is 48.4 Å². The van der Waals surface area contributed by atoms with Crippen LogP contribution in [0.2, 0.25) is 0 Å². The van der Waals surface area contributed by atoms with Crippen molar-refractivity contribution in [2.45, 2.75) is 71.4 Å². The van der Waals surface area contributed by atoms with Crippen molar-refractivity contribution in [1.82, 2.24) is 15.5 Å². The molecule has 2 aliphatic rings. The number of carbonyl (C=O) groups excluding carboxylic acids is 2. The minimum atomic E-state index is -0.359. The molecule has 126 valence electrons. The van der Waals surface area contributed by atoms with Gasteiger partial charge in [0, 0.05) is 24.0 Å². The topological polar surface area (TPSA) is 61.4 Å². The zero-order chi connectivity index (χ0) is 16.2. The monoisotopic (exact) mass is 309 g/mol. The van der Waals surface area contributed by atoms with Gasteiger partial charge in [0.1, 0.15) is 0 Å². The predicted octanol–water partition coefficient (Wildman–Crippen LogP) is 1.67. The van der Waals surface area contributed by atoms with E-state index in [2.05, 4.69) is 15.5 Å². The third-order valence-electron chi connectivity index (χ3n) is 4.61. The van der Waals surface area contributed by atoms with Crippen LogP contribution < -0.4 is 10.6 Å². The predicted molar refractivity (Wildman–Crippen MR) is 87.5 cm³/mol. The van der Waals surface area contributed by atoms with E-state index >= 15 is 0 Å². The van der Waals surface area contributed by atoms with E-state index in [1.54, 1.807) is 0 Å². The molecule has 5 nitrogen and oxygen atoms in total. The summed E-state index contributed by atoms with van der Waals surface area (Å²) in [6.07, 6.45) is 6.74. The molecule has 1 aliphatic heterocycles. The number of carbonyl (C=O) groups is 2. The van der Waals surface area contributed by atoms with Crippen LogP contribution in [0.4, 0.5) is 0 Å². The van der Waals surface area contributed by atoms with Gasteiger partial charge in [-0.2, -0.15) is 0 Å². The molecule has 5 heteroatoms. The van der Waals surface area contributed by atoms with Gasteiger partial charge in [-0.3, -0.25) is 14.5 Å². The Morgan fingerprint density at radius 1 is 1.00 bits per heavy atom. The molecule has 1 saturated heterocycles. The number of piperidine rings is 1. The highest BCUT2D eigenvalue weighted by Gasteiger charge is 2.28. The molecule has 1 heterocycles. The molecule has 1 aliphatic carbocycles. The normalized spacial score (nSPS) is 24.2. The number of likely N-dealkylation sites (tertiary alicyclic amines) is 1. The van der Waals surface area contributed by atoms with Crippen molar-refractivity contribution in [2.75, 3.05) is 19.6 Å². The van der Waals surface area contributed by atoms with E-state index < -0.39 is 0 Å². The summed E-state index contributed by atoms with van der Waals surface area (Å²) < 4.78 is 0. The summed E-state index contributed by atoms with van der Waals surface area (Å²) in [5.74, 6) is 0.226. The highest BCUT2D eigenvalue weighted by Crippen LogP contribution is 2.18. The summed E-state index contributed by atoms with van der Waals surface area (Å²) in [6, 6.07) is 0.549. The number of amides is 2. The maximum absolute atomic E-state index is 12.1. The number of nitrogens with one attached hydrogen (secondary N) is 2. The molecule has 2 amide bonds. The van der Waals surface area contributed by atoms with Gasteiger partial charge in [0.25, 0.3) is 0 Å². The average molecular weight is 309 g/mol. The first kappa shape index (κ1) is 17.3. The van der Waals surface area contributed by atoms with Crippen molar-refractivity contribution < 1.29 is 9.59 Å². The average Bonchev–Trinajstić information content (AvgIpc) is 2.90. The van der Waals surface area contributed by atoms with Gasteiger partial charge < -0.3 is 10.6 Å². The van der Waals surface area contributed by atoms with Gasteiger partial charge in [0.2, 0.25) is 11.8 Å². The van der Waals surface area contributed by atoms with Gasteiger partial charge in [-0.05, 0) is 32.2 Å². The molecule has 0 aromatic heterocycles. The fraction of sp³-hybridized carbons (Fsp3) is 0.882. The Kier molecular flexibility index (Phi) is 5.84. The van der Waals surface area contributed by atoms with Crippen molar-refractivity contribution in [3.63, 3.8) is 0 Å². The van der Waals surface area contributed by atoms with Crippen LogP contribution >= 0.6 is 0 Å². The first-order valence-electron chi connectivity index (χ1n) is 8.67. The molecule has 0 aromatic carbocycles. The minimum absolute atomic E-state index is 0.0924. The molecule has 2 fully saturated rings. The number of rotatable bonds is 4. The van der Waals surface area contributed by atoms with E-state index in [0.29, 0.717) is 12.6 Å². The molecule has 1 saturated carbocycles. The summed E-state index contributed by atoms with van der Waals surface area (Å²) in [4.78, 5) is 26.4. The van der Waals surface area contributed by atoms with E-state index in [1.807, 2.05) is 20.8 Å². The number of nitrogens with zero attached hydrogens (tertiary/aromatic N) is 1. The molecule has 0 bridgehead atoms. The van der Waals surface area contributed by atoms with Gasteiger partial charge in [0.05, 0.1) is 6.54 Å². The summed E-state index contributed by atoms with van der Waals surface area (Å²) >= 11 is 0. The Morgan fingerprint density at radius 2 is 1.64 bits per heavy atom. The van der Waals surface area contributed by atoms with Crippen molar-refractivity contribution in [3.8, 4) is 0 Å². The fourth-order valence-electron chi connectivity index (χ4n) is 3.27. The smallest absolute Gasteiger partial charge is 0.234 e. The van der Waals surface area contributed by atoms with Crippen molar-refractivity contribution in [3.05, 3.63) is 0 Å². The Morgan fingerprint density at radius 3 is 2.27 bits per heavy atom. The van der Waals surface area contributed by atoms with Crippen LogP contribution in [0.1, 0.15) is 59.3 Å². The lowest BCUT2D eigenvalue weighted by Crippen LogP contribution is -2.52. The summed E-state index contributed by atoms with van der Waals surface area (Å²) in [5.41, 5.74) is -0.359.